The molecular weight excluding hydrogens is 374 g/mol. The molecule has 4 aromatic rings. The van der Waals surface area contributed by atoms with Gasteiger partial charge in [-0.25, -0.2) is 14.5 Å². The normalized spacial score (nSPS) is 12.1. The van der Waals surface area contributed by atoms with E-state index in [-0.39, 0.29) is 0 Å². The zero-order valence-electron chi connectivity index (χ0n) is 16.1. The highest BCUT2D eigenvalue weighted by molar-refractivity contribution is 5.85. The van der Waals surface area contributed by atoms with E-state index in [1.165, 1.54) is 14.0 Å². The van der Waals surface area contributed by atoms with Gasteiger partial charge in [-0.3, -0.25) is 4.57 Å². The van der Waals surface area contributed by atoms with Crippen LogP contribution in [0.25, 0.3) is 28.1 Å². The van der Waals surface area contributed by atoms with Gasteiger partial charge in [-0.15, -0.1) is 5.10 Å². The molecule has 2 aromatic carbocycles. The van der Waals surface area contributed by atoms with Crippen molar-refractivity contribution in [3.05, 3.63) is 48.8 Å². The minimum absolute atomic E-state index is 0.309. The highest BCUT2D eigenvalue weighted by Crippen LogP contribution is 2.39. The molecule has 2 aromatic heterocycles. The zero-order chi connectivity index (χ0) is 20.5. The number of hydrogen-bond donors (Lipinski definition) is 1. The summed E-state index contributed by atoms with van der Waals surface area (Å²) in [4.78, 5) is 15.8. The third-order valence-corrected chi connectivity index (χ3v) is 4.60. The van der Waals surface area contributed by atoms with E-state index in [1.54, 1.807) is 23.0 Å². The van der Waals surface area contributed by atoms with Crippen molar-refractivity contribution in [1.29, 1.82) is 0 Å². The smallest absolute Gasteiger partial charge is 0.344 e. The van der Waals surface area contributed by atoms with Crippen LogP contribution in [0.3, 0.4) is 0 Å². The lowest BCUT2D eigenvalue weighted by Crippen LogP contribution is -2.23. The molecule has 0 bridgehead atoms. The number of rotatable bonds is 6. The van der Waals surface area contributed by atoms with Crippen LogP contribution in [-0.4, -0.2) is 48.8 Å². The van der Waals surface area contributed by atoms with E-state index in [4.69, 9.17) is 9.47 Å². The van der Waals surface area contributed by atoms with Crippen LogP contribution in [0, 0.1) is 0 Å². The van der Waals surface area contributed by atoms with Crippen molar-refractivity contribution >= 4 is 17.0 Å². The fraction of sp³-hybridized carbons (Fsp3) is 0.200. The Hall–Kier alpha value is -3.88. The molecule has 0 aliphatic rings. The summed E-state index contributed by atoms with van der Waals surface area (Å²) in [5, 5.41) is 17.6. The summed E-state index contributed by atoms with van der Waals surface area (Å²) in [6.45, 7) is 1.46. The summed E-state index contributed by atoms with van der Waals surface area (Å²) < 4.78 is 14.7. The molecule has 9 heteroatoms. The van der Waals surface area contributed by atoms with Crippen LogP contribution in [0.1, 0.15) is 6.92 Å². The van der Waals surface area contributed by atoms with Crippen LogP contribution in [-0.2, 0) is 11.8 Å². The summed E-state index contributed by atoms with van der Waals surface area (Å²) in [5.74, 6) is 0.218. The van der Waals surface area contributed by atoms with Gasteiger partial charge >= 0.3 is 5.97 Å². The number of benzene rings is 2. The van der Waals surface area contributed by atoms with Gasteiger partial charge in [-0.1, -0.05) is 17.3 Å². The van der Waals surface area contributed by atoms with Gasteiger partial charge in [0.05, 0.1) is 23.9 Å². The first kappa shape index (κ1) is 18.5. The van der Waals surface area contributed by atoms with E-state index in [1.807, 2.05) is 42.1 Å². The number of fused-ring (bicyclic) bond motifs is 1. The highest BCUT2D eigenvalue weighted by Gasteiger charge is 2.22. The Bertz CT molecular complexity index is 1200. The van der Waals surface area contributed by atoms with Gasteiger partial charge in [-0.05, 0) is 31.2 Å². The van der Waals surface area contributed by atoms with Crippen LogP contribution in [0.4, 0.5) is 0 Å². The molecule has 0 aliphatic carbocycles. The number of hydrogen-bond acceptors (Lipinski definition) is 6. The minimum Gasteiger partial charge on any atom is -0.493 e. The van der Waals surface area contributed by atoms with Crippen LogP contribution in [0.15, 0.2) is 48.8 Å². The van der Waals surface area contributed by atoms with Gasteiger partial charge in [0.15, 0.2) is 17.6 Å². The van der Waals surface area contributed by atoms with Gasteiger partial charge in [-0.2, -0.15) is 0 Å². The SMILES string of the molecule is COc1cccc(-c2nccn2-c2cccc3c2nnn3C)c1OC(C)C(=O)O. The first-order valence-corrected chi connectivity index (χ1v) is 8.90. The van der Waals surface area contributed by atoms with E-state index < -0.39 is 12.1 Å². The Balaban J connectivity index is 1.90. The summed E-state index contributed by atoms with van der Waals surface area (Å²) >= 11 is 0. The lowest BCUT2D eigenvalue weighted by atomic mass is 10.1. The molecule has 0 aliphatic heterocycles. The lowest BCUT2D eigenvalue weighted by Gasteiger charge is -2.18. The maximum absolute atomic E-state index is 11.3. The minimum atomic E-state index is -1.07. The second kappa shape index (κ2) is 7.27. The maximum Gasteiger partial charge on any atom is 0.344 e. The topological polar surface area (TPSA) is 104 Å². The average molecular weight is 393 g/mol. The second-order valence-corrected chi connectivity index (χ2v) is 6.41. The summed E-state index contributed by atoms with van der Waals surface area (Å²) in [7, 11) is 3.33. The molecule has 1 atom stereocenters. The number of carboxylic acid groups (broad SMARTS) is 1. The van der Waals surface area contributed by atoms with E-state index >= 15 is 0 Å². The summed E-state index contributed by atoms with van der Waals surface area (Å²) in [6.07, 6.45) is 2.41. The fourth-order valence-corrected chi connectivity index (χ4v) is 3.14. The Morgan fingerprint density at radius 1 is 1.21 bits per heavy atom. The van der Waals surface area contributed by atoms with Crippen molar-refractivity contribution in [2.45, 2.75) is 13.0 Å². The predicted molar refractivity (Wildman–Crippen MR) is 105 cm³/mol. The molecule has 9 nitrogen and oxygen atoms in total. The fourth-order valence-electron chi connectivity index (χ4n) is 3.14. The quantitative estimate of drug-likeness (QED) is 0.537. The van der Waals surface area contributed by atoms with E-state index in [9.17, 15) is 9.90 Å². The number of aromatic nitrogens is 5. The van der Waals surface area contributed by atoms with Crippen molar-refractivity contribution in [2.75, 3.05) is 7.11 Å². The molecule has 0 amide bonds. The third kappa shape index (κ3) is 3.16. The Kier molecular flexibility index (Phi) is 4.63. The predicted octanol–water partition coefficient (Wildman–Crippen LogP) is 2.68. The average Bonchev–Trinajstić information content (AvgIpc) is 3.35. The van der Waals surface area contributed by atoms with Gasteiger partial charge in [0, 0.05) is 19.4 Å². The molecule has 0 fully saturated rings. The molecule has 0 radical (unpaired) electrons. The number of imidazole rings is 1. The Morgan fingerprint density at radius 2 is 2.00 bits per heavy atom. The standard InChI is InChI=1S/C20H19N5O4/c1-12(20(26)27)29-18-13(6-4-9-16(18)28-3)19-21-10-11-25(19)15-8-5-7-14-17(15)22-23-24(14)2/h4-12H,1-3H3,(H,26,27). The van der Waals surface area contributed by atoms with Crippen LogP contribution in [0.5, 0.6) is 11.5 Å². The summed E-state index contributed by atoms with van der Waals surface area (Å²) in [5.41, 5.74) is 2.99. The van der Waals surface area contributed by atoms with Gasteiger partial charge in [0.1, 0.15) is 11.3 Å². The van der Waals surface area contributed by atoms with E-state index in [0.717, 1.165) is 16.7 Å². The zero-order valence-corrected chi connectivity index (χ0v) is 16.1. The molecule has 0 saturated carbocycles. The van der Waals surface area contributed by atoms with Gasteiger partial charge in [0.2, 0.25) is 0 Å². The van der Waals surface area contributed by atoms with Crippen molar-refractivity contribution in [3.63, 3.8) is 0 Å². The van der Waals surface area contributed by atoms with Gasteiger partial charge in [0.25, 0.3) is 0 Å². The van der Waals surface area contributed by atoms with Crippen molar-refractivity contribution in [2.24, 2.45) is 7.05 Å². The number of para-hydroxylation sites is 1. The molecule has 29 heavy (non-hydrogen) atoms. The Labute approximate surface area is 166 Å². The number of nitrogens with zero attached hydrogens (tertiary/aromatic N) is 5. The third-order valence-electron chi connectivity index (χ3n) is 4.60. The lowest BCUT2D eigenvalue weighted by molar-refractivity contribution is -0.144. The largest absolute Gasteiger partial charge is 0.493 e. The number of methoxy groups -OCH3 is 1. The monoisotopic (exact) mass is 393 g/mol. The Morgan fingerprint density at radius 3 is 2.76 bits per heavy atom. The molecule has 2 heterocycles. The van der Waals surface area contributed by atoms with Crippen molar-refractivity contribution < 1.29 is 19.4 Å². The molecule has 0 spiro atoms. The van der Waals surface area contributed by atoms with E-state index in [2.05, 4.69) is 15.3 Å². The van der Waals surface area contributed by atoms with Crippen molar-refractivity contribution in [3.8, 4) is 28.6 Å². The number of aryl methyl sites for hydroxylation is 1. The molecule has 1 unspecified atom stereocenters. The molecule has 1 N–H and O–H groups in total. The first-order chi connectivity index (χ1) is 14.0. The van der Waals surface area contributed by atoms with Crippen LogP contribution >= 0.6 is 0 Å². The van der Waals surface area contributed by atoms with Gasteiger partial charge < -0.3 is 14.6 Å². The van der Waals surface area contributed by atoms with Crippen molar-refractivity contribution in [1.82, 2.24) is 24.5 Å². The first-order valence-electron chi connectivity index (χ1n) is 8.90. The molecule has 0 saturated heterocycles. The molecule has 148 valence electrons. The molecule has 4 rings (SSSR count). The number of aliphatic carboxylic acids is 1. The maximum atomic E-state index is 11.3. The number of carbonyl (C=O) groups is 1. The highest BCUT2D eigenvalue weighted by atomic mass is 16.5. The number of ether oxygens (including phenoxy) is 2. The summed E-state index contributed by atoms with van der Waals surface area (Å²) in [6, 6.07) is 11.1. The van der Waals surface area contributed by atoms with Crippen LogP contribution in [0.2, 0.25) is 0 Å². The molecular formula is C20H19N5O4. The second-order valence-electron chi connectivity index (χ2n) is 6.41. The number of carboxylic acids is 1. The van der Waals surface area contributed by atoms with Crippen LogP contribution < -0.4 is 9.47 Å². The van der Waals surface area contributed by atoms with E-state index in [0.29, 0.717) is 22.9 Å².